The van der Waals surface area contributed by atoms with Crippen LogP contribution in [0.25, 0.3) is 0 Å². The number of carbonyl (C=O) groups excluding carboxylic acids is 1. The summed E-state index contributed by atoms with van der Waals surface area (Å²) in [5.41, 5.74) is 1.38. The molecule has 0 saturated carbocycles. The number of rotatable bonds is 7. The Hall–Kier alpha value is -2.12. The van der Waals surface area contributed by atoms with E-state index >= 15 is 0 Å². The largest absolute Gasteiger partial charge is 0.357 e. The van der Waals surface area contributed by atoms with Crippen molar-refractivity contribution in [2.75, 3.05) is 18.4 Å². The van der Waals surface area contributed by atoms with Crippen LogP contribution in [0.4, 0.5) is 5.69 Å². The number of hydrogen-bond acceptors (Lipinski definition) is 4. The quantitative estimate of drug-likeness (QED) is 0.238. The second kappa shape index (κ2) is 12.3. The van der Waals surface area contributed by atoms with Crippen LogP contribution in [0, 0.1) is 12.3 Å². The van der Waals surface area contributed by atoms with Gasteiger partial charge in [-0.05, 0) is 31.5 Å². The van der Waals surface area contributed by atoms with Crippen molar-refractivity contribution >= 4 is 52.9 Å². The number of benzene rings is 1. The van der Waals surface area contributed by atoms with Crippen molar-refractivity contribution in [3.05, 3.63) is 45.9 Å². The predicted molar refractivity (Wildman–Crippen MR) is 123 cm³/mol. The Balaban J connectivity index is 0.00000364. The summed E-state index contributed by atoms with van der Waals surface area (Å²) in [5, 5.41) is 10.1. The lowest BCUT2D eigenvalue weighted by atomic mass is 10.2. The summed E-state index contributed by atoms with van der Waals surface area (Å²) in [7, 11) is 0. The van der Waals surface area contributed by atoms with E-state index in [1.807, 2.05) is 19.2 Å². The molecular weight excluding hydrogens is 473 g/mol. The highest BCUT2D eigenvalue weighted by molar-refractivity contribution is 14.0. The van der Waals surface area contributed by atoms with Crippen LogP contribution < -0.4 is 16.0 Å². The fourth-order valence-electron chi connectivity index (χ4n) is 2.13. The Morgan fingerprint density at radius 2 is 2.15 bits per heavy atom. The van der Waals surface area contributed by atoms with Gasteiger partial charge in [0, 0.05) is 28.9 Å². The second-order valence-electron chi connectivity index (χ2n) is 5.40. The SMILES string of the molecule is C#Cc1cccc(NC(=O)CN=C(NCC)NCc2ncc(CC)s2)c1.I. The third kappa shape index (κ3) is 7.97. The molecule has 27 heavy (non-hydrogen) atoms. The van der Waals surface area contributed by atoms with Gasteiger partial charge in [0.1, 0.15) is 11.6 Å². The van der Waals surface area contributed by atoms with E-state index in [2.05, 4.69) is 38.8 Å². The molecule has 0 aliphatic carbocycles. The highest BCUT2D eigenvalue weighted by Crippen LogP contribution is 2.12. The van der Waals surface area contributed by atoms with E-state index in [0.29, 0.717) is 24.7 Å². The Morgan fingerprint density at radius 3 is 2.81 bits per heavy atom. The number of nitrogens with one attached hydrogen (secondary N) is 3. The van der Waals surface area contributed by atoms with Crippen molar-refractivity contribution in [1.82, 2.24) is 15.6 Å². The van der Waals surface area contributed by atoms with Crippen LogP contribution in [0.15, 0.2) is 35.5 Å². The molecule has 0 aliphatic heterocycles. The third-order valence-electron chi connectivity index (χ3n) is 3.39. The summed E-state index contributed by atoms with van der Waals surface area (Å²) in [6.07, 6.45) is 8.24. The van der Waals surface area contributed by atoms with Crippen LogP contribution >= 0.6 is 35.3 Å². The first-order valence-corrected chi connectivity index (χ1v) is 9.28. The van der Waals surface area contributed by atoms with Gasteiger partial charge in [0.25, 0.3) is 0 Å². The molecule has 2 rings (SSSR count). The number of guanidine groups is 1. The zero-order valence-corrected chi connectivity index (χ0v) is 18.6. The maximum absolute atomic E-state index is 12.1. The minimum atomic E-state index is -0.209. The van der Waals surface area contributed by atoms with Gasteiger partial charge in [-0.15, -0.1) is 41.7 Å². The molecule has 0 aliphatic rings. The fraction of sp³-hybridized carbons (Fsp3) is 0.316. The van der Waals surface area contributed by atoms with E-state index in [1.54, 1.807) is 29.5 Å². The van der Waals surface area contributed by atoms with Gasteiger partial charge in [-0.3, -0.25) is 4.79 Å². The van der Waals surface area contributed by atoms with Crippen LogP contribution in [0.5, 0.6) is 0 Å². The summed E-state index contributed by atoms with van der Waals surface area (Å²) < 4.78 is 0. The van der Waals surface area contributed by atoms with Crippen molar-refractivity contribution in [3.8, 4) is 12.3 Å². The summed E-state index contributed by atoms with van der Waals surface area (Å²) in [5.74, 6) is 2.91. The molecule has 1 aromatic carbocycles. The third-order valence-corrected chi connectivity index (χ3v) is 4.54. The van der Waals surface area contributed by atoms with Crippen molar-refractivity contribution < 1.29 is 4.79 Å². The molecule has 0 bridgehead atoms. The number of anilines is 1. The lowest BCUT2D eigenvalue weighted by Crippen LogP contribution is -2.37. The number of thiazole rings is 1. The minimum Gasteiger partial charge on any atom is -0.357 e. The number of hydrogen-bond donors (Lipinski definition) is 3. The van der Waals surface area contributed by atoms with E-state index in [1.165, 1.54) is 4.88 Å². The van der Waals surface area contributed by atoms with Gasteiger partial charge in [-0.2, -0.15) is 0 Å². The Morgan fingerprint density at radius 1 is 1.33 bits per heavy atom. The number of aryl methyl sites for hydroxylation is 1. The zero-order chi connectivity index (χ0) is 18.8. The van der Waals surface area contributed by atoms with Gasteiger partial charge >= 0.3 is 0 Å². The lowest BCUT2D eigenvalue weighted by Gasteiger charge is -2.10. The van der Waals surface area contributed by atoms with E-state index in [0.717, 1.165) is 17.0 Å². The first kappa shape index (κ1) is 22.9. The van der Waals surface area contributed by atoms with Crippen LogP contribution in [0.1, 0.15) is 29.3 Å². The smallest absolute Gasteiger partial charge is 0.246 e. The van der Waals surface area contributed by atoms with Gasteiger partial charge in [0.15, 0.2) is 5.96 Å². The molecule has 6 nitrogen and oxygen atoms in total. The topological polar surface area (TPSA) is 78.4 Å². The van der Waals surface area contributed by atoms with Crippen LogP contribution in [0.3, 0.4) is 0 Å². The molecule has 1 heterocycles. The number of aliphatic imine (C=N–C) groups is 1. The second-order valence-corrected chi connectivity index (χ2v) is 6.60. The molecule has 0 saturated heterocycles. The van der Waals surface area contributed by atoms with Gasteiger partial charge < -0.3 is 16.0 Å². The number of terminal acetylenes is 1. The number of amides is 1. The fourth-order valence-corrected chi connectivity index (χ4v) is 2.93. The molecule has 8 heteroatoms. The van der Waals surface area contributed by atoms with Crippen LogP contribution in [0.2, 0.25) is 0 Å². The Bertz CT molecular complexity index is 812. The summed E-state index contributed by atoms with van der Waals surface area (Å²) >= 11 is 1.67. The number of carbonyl (C=O) groups is 1. The molecule has 1 amide bonds. The van der Waals surface area contributed by atoms with Gasteiger partial charge in [-0.1, -0.05) is 18.9 Å². The molecule has 0 spiro atoms. The molecule has 144 valence electrons. The molecule has 0 unspecified atom stereocenters. The standard InChI is InChI=1S/C19H23N5OS.HI/c1-4-14-8-7-9-15(10-14)24-17(25)12-22-19(20-6-3)23-13-18-21-11-16(5-2)26-18;/h1,7-11H,5-6,12-13H2,2-3H3,(H,24,25)(H2,20,22,23);1H. The molecule has 3 N–H and O–H groups in total. The first-order chi connectivity index (χ1) is 12.6. The summed E-state index contributed by atoms with van der Waals surface area (Å²) in [6.45, 7) is 5.36. The van der Waals surface area contributed by atoms with Crippen molar-refractivity contribution in [2.24, 2.45) is 4.99 Å². The molecular formula is C19H24IN5OS. The molecule has 0 atom stereocenters. The maximum atomic E-state index is 12.1. The van der Waals surface area contributed by atoms with E-state index in [9.17, 15) is 4.79 Å². The lowest BCUT2D eigenvalue weighted by molar-refractivity contribution is -0.114. The van der Waals surface area contributed by atoms with Crippen molar-refractivity contribution in [1.29, 1.82) is 0 Å². The normalized spacial score (nSPS) is 10.5. The zero-order valence-electron chi connectivity index (χ0n) is 15.4. The Kier molecular flexibility index (Phi) is 10.4. The molecule has 2 aromatic rings. The Labute approximate surface area is 181 Å². The highest BCUT2D eigenvalue weighted by atomic mass is 127. The highest BCUT2D eigenvalue weighted by Gasteiger charge is 2.05. The van der Waals surface area contributed by atoms with E-state index in [4.69, 9.17) is 6.42 Å². The summed E-state index contributed by atoms with van der Waals surface area (Å²) in [4.78, 5) is 22.0. The van der Waals surface area contributed by atoms with E-state index < -0.39 is 0 Å². The number of aromatic nitrogens is 1. The van der Waals surface area contributed by atoms with Crippen LogP contribution in [-0.2, 0) is 17.8 Å². The van der Waals surface area contributed by atoms with Gasteiger partial charge in [0.2, 0.25) is 5.91 Å². The molecule has 0 radical (unpaired) electrons. The van der Waals surface area contributed by atoms with Gasteiger partial charge in [-0.25, -0.2) is 9.98 Å². The summed E-state index contributed by atoms with van der Waals surface area (Å²) in [6, 6.07) is 7.15. The molecule has 0 fully saturated rings. The first-order valence-electron chi connectivity index (χ1n) is 8.46. The number of halogens is 1. The van der Waals surface area contributed by atoms with Gasteiger partial charge in [0.05, 0.1) is 6.54 Å². The minimum absolute atomic E-state index is 0. The maximum Gasteiger partial charge on any atom is 0.246 e. The average molecular weight is 497 g/mol. The van der Waals surface area contributed by atoms with Crippen molar-refractivity contribution in [2.45, 2.75) is 26.8 Å². The average Bonchev–Trinajstić information content (AvgIpc) is 3.12. The van der Waals surface area contributed by atoms with Crippen LogP contribution in [-0.4, -0.2) is 29.9 Å². The van der Waals surface area contributed by atoms with E-state index in [-0.39, 0.29) is 36.4 Å². The number of nitrogens with zero attached hydrogens (tertiary/aromatic N) is 2. The van der Waals surface area contributed by atoms with Crippen molar-refractivity contribution in [3.63, 3.8) is 0 Å². The monoisotopic (exact) mass is 497 g/mol. The molecule has 1 aromatic heterocycles. The predicted octanol–water partition coefficient (Wildman–Crippen LogP) is 3.00.